The summed E-state index contributed by atoms with van der Waals surface area (Å²) in [5, 5.41) is 3.42. The number of hydrogen-bond acceptors (Lipinski definition) is 4. The molecule has 1 atom stereocenters. The molecule has 0 bridgehead atoms. The highest BCUT2D eigenvalue weighted by atomic mass is 16.5. The molecule has 104 valence electrons. The van der Waals surface area contributed by atoms with Crippen LogP contribution in [0.3, 0.4) is 0 Å². The molecule has 0 amide bonds. The topological polar surface area (TPSA) is 47.3 Å². The van der Waals surface area contributed by atoms with E-state index in [0.29, 0.717) is 0 Å². The molecule has 18 heavy (non-hydrogen) atoms. The minimum atomic E-state index is 0.142. The maximum absolute atomic E-state index is 5.69. The van der Waals surface area contributed by atoms with Crippen molar-refractivity contribution >= 4 is 0 Å². The molecule has 0 fully saturated rings. The number of nitrogens with zero attached hydrogens (tertiary/aromatic N) is 1. The molecule has 0 aliphatic rings. The zero-order valence-corrected chi connectivity index (χ0v) is 12.2. The molecule has 4 nitrogen and oxygen atoms in total. The van der Waals surface area contributed by atoms with E-state index in [-0.39, 0.29) is 11.6 Å². The fourth-order valence-electron chi connectivity index (χ4n) is 1.59. The van der Waals surface area contributed by atoms with Crippen LogP contribution in [0.15, 0.2) is 10.6 Å². The van der Waals surface area contributed by atoms with Crippen molar-refractivity contribution in [2.24, 2.45) is 0 Å². The average molecular weight is 254 g/mol. The van der Waals surface area contributed by atoms with E-state index in [4.69, 9.17) is 9.15 Å². The third kappa shape index (κ3) is 6.17. The quantitative estimate of drug-likeness (QED) is 0.812. The highest BCUT2D eigenvalue weighted by molar-refractivity contribution is 4.95. The van der Waals surface area contributed by atoms with Crippen LogP contribution in [-0.4, -0.2) is 30.3 Å². The number of rotatable bonds is 7. The Morgan fingerprint density at radius 2 is 2.11 bits per heavy atom. The second-order valence-corrected chi connectivity index (χ2v) is 5.73. The molecule has 1 unspecified atom stereocenters. The number of methoxy groups -OCH3 is 1. The number of hydrogen-bond donors (Lipinski definition) is 1. The van der Waals surface area contributed by atoms with Gasteiger partial charge in [-0.05, 0) is 34.1 Å². The maximum Gasteiger partial charge on any atom is 0.195 e. The van der Waals surface area contributed by atoms with Gasteiger partial charge in [0.2, 0.25) is 0 Å². The van der Waals surface area contributed by atoms with Crippen LogP contribution in [0.4, 0.5) is 0 Å². The average Bonchev–Trinajstić information content (AvgIpc) is 2.72. The lowest BCUT2D eigenvalue weighted by Crippen LogP contribution is -2.37. The Labute approximate surface area is 110 Å². The lowest BCUT2D eigenvalue weighted by Gasteiger charge is -2.19. The lowest BCUT2D eigenvalue weighted by atomic mass is 10.1. The van der Waals surface area contributed by atoms with Crippen LogP contribution < -0.4 is 5.32 Å². The SMILES string of the molecule is COC(C)CCc1cnc(CCNC(C)(C)C)o1. The van der Waals surface area contributed by atoms with E-state index >= 15 is 0 Å². The fourth-order valence-corrected chi connectivity index (χ4v) is 1.59. The van der Waals surface area contributed by atoms with Crippen LogP contribution in [0.1, 0.15) is 45.8 Å². The molecule has 1 N–H and O–H groups in total. The number of oxazole rings is 1. The summed E-state index contributed by atoms with van der Waals surface area (Å²) in [4.78, 5) is 4.29. The van der Waals surface area contributed by atoms with Gasteiger partial charge in [0.1, 0.15) is 5.76 Å². The number of aryl methyl sites for hydroxylation is 1. The normalized spacial score (nSPS) is 13.8. The third-order valence-corrected chi connectivity index (χ3v) is 2.80. The van der Waals surface area contributed by atoms with Crippen molar-refractivity contribution in [1.82, 2.24) is 10.3 Å². The molecule has 0 saturated heterocycles. The van der Waals surface area contributed by atoms with Crippen molar-refractivity contribution in [3.8, 4) is 0 Å². The number of nitrogens with one attached hydrogen (secondary N) is 1. The Kier molecular flexibility index (Phi) is 5.82. The largest absolute Gasteiger partial charge is 0.446 e. The molecule has 1 heterocycles. The summed E-state index contributed by atoms with van der Waals surface area (Å²) in [6.45, 7) is 9.41. The molecule has 4 heteroatoms. The second kappa shape index (κ2) is 6.90. The second-order valence-electron chi connectivity index (χ2n) is 5.73. The predicted molar refractivity (Wildman–Crippen MR) is 72.8 cm³/mol. The third-order valence-electron chi connectivity index (χ3n) is 2.80. The van der Waals surface area contributed by atoms with Gasteiger partial charge in [0.15, 0.2) is 5.89 Å². The highest BCUT2D eigenvalue weighted by Gasteiger charge is 2.10. The summed E-state index contributed by atoms with van der Waals surface area (Å²) in [7, 11) is 1.73. The minimum Gasteiger partial charge on any atom is -0.446 e. The van der Waals surface area contributed by atoms with Crippen molar-refractivity contribution < 1.29 is 9.15 Å². The van der Waals surface area contributed by atoms with Gasteiger partial charge in [0.05, 0.1) is 12.3 Å². The summed E-state index contributed by atoms with van der Waals surface area (Å²) in [5.74, 6) is 1.76. The van der Waals surface area contributed by atoms with E-state index in [1.807, 2.05) is 6.20 Å². The van der Waals surface area contributed by atoms with Crippen molar-refractivity contribution in [2.75, 3.05) is 13.7 Å². The van der Waals surface area contributed by atoms with Gasteiger partial charge in [-0.3, -0.25) is 0 Å². The number of ether oxygens (including phenoxy) is 1. The fraction of sp³-hybridized carbons (Fsp3) is 0.786. The maximum atomic E-state index is 5.69. The zero-order chi connectivity index (χ0) is 13.6. The van der Waals surface area contributed by atoms with E-state index in [9.17, 15) is 0 Å². The first kappa shape index (κ1) is 15.2. The molecule has 0 radical (unpaired) electrons. The van der Waals surface area contributed by atoms with Gasteiger partial charge < -0.3 is 14.5 Å². The molecule has 1 aromatic rings. The van der Waals surface area contributed by atoms with Gasteiger partial charge in [-0.1, -0.05) is 0 Å². The van der Waals surface area contributed by atoms with Crippen LogP contribution in [0.5, 0.6) is 0 Å². The summed E-state index contributed by atoms with van der Waals surface area (Å²) >= 11 is 0. The molecule has 0 saturated carbocycles. The molecular weight excluding hydrogens is 228 g/mol. The highest BCUT2D eigenvalue weighted by Crippen LogP contribution is 2.09. The standard InChI is InChI=1S/C14H26N2O2/c1-11(17-5)6-7-12-10-15-13(18-12)8-9-16-14(2,3)4/h10-11,16H,6-9H2,1-5H3. The van der Waals surface area contributed by atoms with E-state index in [0.717, 1.165) is 37.5 Å². The molecular formula is C14H26N2O2. The lowest BCUT2D eigenvalue weighted by molar-refractivity contribution is 0.110. The van der Waals surface area contributed by atoms with E-state index in [2.05, 4.69) is 38.0 Å². The van der Waals surface area contributed by atoms with Crippen molar-refractivity contribution in [3.63, 3.8) is 0 Å². The van der Waals surface area contributed by atoms with Crippen LogP contribution >= 0.6 is 0 Å². The Morgan fingerprint density at radius 3 is 2.72 bits per heavy atom. The Hall–Kier alpha value is -0.870. The first-order valence-corrected chi connectivity index (χ1v) is 6.62. The molecule has 0 aliphatic carbocycles. The summed E-state index contributed by atoms with van der Waals surface area (Å²) in [6.07, 6.45) is 4.77. The number of aromatic nitrogens is 1. The van der Waals surface area contributed by atoms with Gasteiger partial charge in [0.25, 0.3) is 0 Å². The van der Waals surface area contributed by atoms with E-state index < -0.39 is 0 Å². The molecule has 0 aromatic carbocycles. The van der Waals surface area contributed by atoms with Crippen molar-refractivity contribution in [2.45, 2.75) is 58.6 Å². The van der Waals surface area contributed by atoms with E-state index in [1.165, 1.54) is 0 Å². The Balaban J connectivity index is 2.30. The predicted octanol–water partition coefficient (Wildman–Crippen LogP) is 2.57. The van der Waals surface area contributed by atoms with Crippen LogP contribution in [-0.2, 0) is 17.6 Å². The first-order valence-electron chi connectivity index (χ1n) is 6.62. The van der Waals surface area contributed by atoms with Crippen molar-refractivity contribution in [1.29, 1.82) is 0 Å². The van der Waals surface area contributed by atoms with Gasteiger partial charge in [0, 0.05) is 32.0 Å². The summed E-state index contributed by atoms with van der Waals surface area (Å²) in [6, 6.07) is 0. The Morgan fingerprint density at radius 1 is 1.39 bits per heavy atom. The summed E-state index contributed by atoms with van der Waals surface area (Å²) < 4.78 is 10.9. The summed E-state index contributed by atoms with van der Waals surface area (Å²) in [5.41, 5.74) is 0.142. The van der Waals surface area contributed by atoms with Gasteiger partial charge >= 0.3 is 0 Å². The Bertz CT molecular complexity index is 342. The zero-order valence-electron chi connectivity index (χ0n) is 12.2. The smallest absolute Gasteiger partial charge is 0.195 e. The van der Waals surface area contributed by atoms with Gasteiger partial charge in [-0.15, -0.1) is 0 Å². The van der Waals surface area contributed by atoms with Crippen LogP contribution in [0.25, 0.3) is 0 Å². The van der Waals surface area contributed by atoms with Gasteiger partial charge in [-0.2, -0.15) is 0 Å². The monoisotopic (exact) mass is 254 g/mol. The minimum absolute atomic E-state index is 0.142. The first-order chi connectivity index (χ1) is 8.40. The molecule has 1 aromatic heterocycles. The molecule has 0 spiro atoms. The van der Waals surface area contributed by atoms with Gasteiger partial charge in [-0.25, -0.2) is 4.98 Å². The molecule has 1 rings (SSSR count). The van der Waals surface area contributed by atoms with Crippen LogP contribution in [0, 0.1) is 0 Å². The molecule has 0 aliphatic heterocycles. The van der Waals surface area contributed by atoms with Crippen LogP contribution in [0.2, 0.25) is 0 Å². The van der Waals surface area contributed by atoms with E-state index in [1.54, 1.807) is 7.11 Å². The van der Waals surface area contributed by atoms with Crippen molar-refractivity contribution in [3.05, 3.63) is 17.8 Å².